The second-order valence-corrected chi connectivity index (χ2v) is 4.95. The van der Waals surface area contributed by atoms with E-state index in [1.165, 1.54) is 5.56 Å². The third kappa shape index (κ3) is 3.91. The zero-order valence-corrected chi connectivity index (χ0v) is 12.6. The number of aromatic nitrogens is 4. The van der Waals surface area contributed by atoms with Crippen LogP contribution in [-0.2, 0) is 6.54 Å². The molecule has 7 nitrogen and oxygen atoms in total. The van der Waals surface area contributed by atoms with Gasteiger partial charge in [0.25, 0.3) is 5.95 Å². The van der Waals surface area contributed by atoms with Crippen molar-refractivity contribution in [1.82, 2.24) is 19.9 Å². The Kier molecular flexibility index (Phi) is 4.28. The summed E-state index contributed by atoms with van der Waals surface area (Å²) in [6.07, 6.45) is 3.33. The maximum absolute atomic E-state index is 5.72. The van der Waals surface area contributed by atoms with Crippen LogP contribution in [0, 0.1) is 6.92 Å². The Labute approximate surface area is 133 Å². The fourth-order valence-electron chi connectivity index (χ4n) is 2.04. The number of hydrogen-bond acceptors (Lipinski definition) is 7. The highest BCUT2D eigenvalue weighted by Crippen LogP contribution is 2.17. The molecule has 0 amide bonds. The van der Waals surface area contributed by atoms with Gasteiger partial charge in [-0.3, -0.25) is 4.98 Å². The summed E-state index contributed by atoms with van der Waals surface area (Å²) in [6, 6.07) is 11.7. The molecule has 0 unspecified atom stereocenters. The molecule has 0 aliphatic carbocycles. The van der Waals surface area contributed by atoms with Crippen LogP contribution in [0.2, 0.25) is 0 Å². The molecule has 0 atom stereocenters. The Morgan fingerprint density at radius 1 is 1.09 bits per heavy atom. The van der Waals surface area contributed by atoms with E-state index in [1.807, 2.05) is 31.2 Å². The molecule has 0 fully saturated rings. The van der Waals surface area contributed by atoms with Gasteiger partial charge in [-0.1, -0.05) is 29.8 Å². The summed E-state index contributed by atoms with van der Waals surface area (Å²) in [4.78, 5) is 16.4. The average molecular weight is 305 g/mol. The van der Waals surface area contributed by atoms with Crippen LogP contribution in [0.15, 0.2) is 59.0 Å². The Bertz CT molecular complexity index is 831. The van der Waals surface area contributed by atoms with Gasteiger partial charge < -0.3 is 5.73 Å². The number of nitrogen functional groups attached to an aromatic ring is 1. The molecule has 23 heavy (non-hydrogen) atoms. The molecule has 3 aromatic rings. The lowest BCUT2D eigenvalue weighted by Crippen LogP contribution is -1.99. The number of nitrogens with two attached hydrogens (primary N) is 1. The van der Waals surface area contributed by atoms with Crippen LogP contribution in [0.1, 0.15) is 11.1 Å². The highest BCUT2D eigenvalue weighted by atomic mass is 15.2. The van der Waals surface area contributed by atoms with Gasteiger partial charge >= 0.3 is 0 Å². The lowest BCUT2D eigenvalue weighted by atomic mass is 10.1. The topological polar surface area (TPSA) is 102 Å². The number of pyridine rings is 1. The van der Waals surface area contributed by atoms with Crippen molar-refractivity contribution in [2.45, 2.75) is 13.5 Å². The van der Waals surface area contributed by atoms with Gasteiger partial charge in [-0.2, -0.15) is 20.1 Å². The molecule has 2 aromatic heterocycles. The summed E-state index contributed by atoms with van der Waals surface area (Å²) < 4.78 is 0. The van der Waals surface area contributed by atoms with Gasteiger partial charge in [0.15, 0.2) is 5.82 Å². The molecule has 0 aliphatic rings. The second-order valence-electron chi connectivity index (χ2n) is 4.95. The summed E-state index contributed by atoms with van der Waals surface area (Å²) in [7, 11) is 0. The van der Waals surface area contributed by atoms with Gasteiger partial charge in [0.2, 0.25) is 5.95 Å². The van der Waals surface area contributed by atoms with Gasteiger partial charge in [-0.05, 0) is 24.6 Å². The maximum Gasteiger partial charge on any atom is 0.273 e. The van der Waals surface area contributed by atoms with Crippen molar-refractivity contribution in [3.8, 4) is 11.4 Å². The smallest absolute Gasteiger partial charge is 0.273 e. The third-order valence-electron chi connectivity index (χ3n) is 3.06. The second kappa shape index (κ2) is 6.69. The van der Waals surface area contributed by atoms with Crippen LogP contribution in [0.4, 0.5) is 11.9 Å². The minimum atomic E-state index is 0.100. The average Bonchev–Trinajstić information content (AvgIpc) is 2.55. The van der Waals surface area contributed by atoms with E-state index in [-0.39, 0.29) is 11.9 Å². The first-order chi connectivity index (χ1) is 11.2. The fourth-order valence-corrected chi connectivity index (χ4v) is 2.04. The first-order valence-corrected chi connectivity index (χ1v) is 7.06. The van der Waals surface area contributed by atoms with Crippen LogP contribution in [0.3, 0.4) is 0 Å². The molecule has 0 aliphatic heterocycles. The summed E-state index contributed by atoms with van der Waals surface area (Å²) in [5.41, 5.74) is 8.72. The van der Waals surface area contributed by atoms with E-state index in [4.69, 9.17) is 5.73 Å². The van der Waals surface area contributed by atoms with Crippen molar-refractivity contribution >= 4 is 11.9 Å². The highest BCUT2D eigenvalue weighted by molar-refractivity contribution is 5.55. The van der Waals surface area contributed by atoms with E-state index >= 15 is 0 Å². The van der Waals surface area contributed by atoms with Gasteiger partial charge in [0, 0.05) is 18.0 Å². The Morgan fingerprint density at radius 2 is 2.00 bits per heavy atom. The van der Waals surface area contributed by atoms with E-state index in [0.29, 0.717) is 12.4 Å². The van der Waals surface area contributed by atoms with E-state index in [9.17, 15) is 0 Å². The first-order valence-electron chi connectivity index (χ1n) is 7.06. The largest absolute Gasteiger partial charge is 0.368 e. The van der Waals surface area contributed by atoms with Gasteiger partial charge in [-0.25, -0.2) is 0 Å². The lowest BCUT2D eigenvalue weighted by Gasteiger charge is -2.01. The van der Waals surface area contributed by atoms with Gasteiger partial charge in [0.05, 0.1) is 6.54 Å². The molecule has 2 N–H and O–H groups in total. The van der Waals surface area contributed by atoms with Crippen LogP contribution in [0.5, 0.6) is 0 Å². The number of rotatable bonds is 4. The zero-order chi connectivity index (χ0) is 16.1. The first kappa shape index (κ1) is 14.7. The summed E-state index contributed by atoms with van der Waals surface area (Å²) in [6.45, 7) is 2.49. The van der Waals surface area contributed by atoms with Crippen molar-refractivity contribution in [3.05, 3.63) is 59.9 Å². The normalized spacial score (nSPS) is 11.0. The van der Waals surface area contributed by atoms with Crippen molar-refractivity contribution in [1.29, 1.82) is 0 Å². The summed E-state index contributed by atoms with van der Waals surface area (Å²) in [5.74, 6) is 0.711. The van der Waals surface area contributed by atoms with Crippen molar-refractivity contribution in [2.75, 3.05) is 5.73 Å². The van der Waals surface area contributed by atoms with Crippen LogP contribution in [0.25, 0.3) is 11.4 Å². The molecule has 2 heterocycles. The van der Waals surface area contributed by atoms with Crippen LogP contribution >= 0.6 is 0 Å². The van der Waals surface area contributed by atoms with Crippen molar-refractivity contribution in [2.24, 2.45) is 10.2 Å². The third-order valence-corrected chi connectivity index (χ3v) is 3.06. The molecule has 3 rings (SSSR count). The minimum Gasteiger partial charge on any atom is -0.368 e. The van der Waals surface area contributed by atoms with Crippen molar-refractivity contribution in [3.63, 3.8) is 0 Å². The van der Waals surface area contributed by atoms with Gasteiger partial charge in [-0.15, -0.1) is 5.11 Å². The predicted octanol–water partition coefficient (Wildman–Crippen LogP) is 3.11. The molecule has 114 valence electrons. The number of anilines is 1. The molecule has 0 saturated carbocycles. The molecular weight excluding hydrogens is 290 g/mol. The summed E-state index contributed by atoms with van der Waals surface area (Å²) in [5, 5.41) is 8.17. The standard InChI is InChI=1S/C16H15N7/c1-11-4-2-5-12(8-11)9-19-23-16-21-14(20-15(17)22-16)13-6-3-7-18-10-13/h2-8,10H,9H2,1H3,(H2,17,20,21,22). The fraction of sp³-hybridized carbons (Fsp3) is 0.125. The predicted molar refractivity (Wildman–Crippen MR) is 86.9 cm³/mol. The van der Waals surface area contributed by atoms with Gasteiger partial charge in [0.1, 0.15) is 0 Å². The minimum absolute atomic E-state index is 0.100. The molecule has 0 radical (unpaired) electrons. The maximum atomic E-state index is 5.72. The number of aryl methyl sites for hydroxylation is 1. The Morgan fingerprint density at radius 3 is 2.78 bits per heavy atom. The molecule has 1 aromatic carbocycles. The molecule has 0 saturated heterocycles. The summed E-state index contributed by atoms with van der Waals surface area (Å²) >= 11 is 0. The van der Waals surface area contributed by atoms with E-state index in [1.54, 1.807) is 18.5 Å². The number of nitrogens with zero attached hydrogens (tertiary/aromatic N) is 6. The SMILES string of the molecule is Cc1cccc(CN=Nc2nc(N)nc(-c3cccnc3)n2)c1. The van der Waals surface area contributed by atoms with E-state index in [2.05, 4.69) is 36.2 Å². The molecular formula is C16H15N7. The Balaban J connectivity index is 1.80. The van der Waals surface area contributed by atoms with E-state index in [0.717, 1.165) is 11.1 Å². The highest BCUT2D eigenvalue weighted by Gasteiger charge is 2.06. The molecule has 0 spiro atoms. The Hall–Kier alpha value is -3.22. The zero-order valence-electron chi connectivity index (χ0n) is 12.6. The quantitative estimate of drug-likeness (QED) is 0.746. The number of azo groups is 1. The van der Waals surface area contributed by atoms with Crippen molar-refractivity contribution < 1.29 is 0 Å². The van der Waals surface area contributed by atoms with Crippen LogP contribution in [-0.4, -0.2) is 19.9 Å². The monoisotopic (exact) mass is 305 g/mol. The lowest BCUT2D eigenvalue weighted by molar-refractivity contribution is 0.917. The molecule has 0 bridgehead atoms. The molecule has 7 heteroatoms. The number of benzene rings is 1. The van der Waals surface area contributed by atoms with E-state index < -0.39 is 0 Å². The van der Waals surface area contributed by atoms with Crippen LogP contribution < -0.4 is 5.73 Å². The number of hydrogen-bond donors (Lipinski definition) is 1.